The molecule has 0 radical (unpaired) electrons. The van der Waals surface area contributed by atoms with E-state index in [9.17, 15) is 22.4 Å². The van der Waals surface area contributed by atoms with Crippen molar-refractivity contribution in [2.24, 2.45) is 5.73 Å². The Morgan fingerprint density at radius 3 is 2.33 bits per heavy atom. The van der Waals surface area contributed by atoms with Gasteiger partial charge in [0, 0.05) is 6.07 Å². The predicted octanol–water partition coefficient (Wildman–Crippen LogP) is 1.67. The van der Waals surface area contributed by atoms with Crippen LogP contribution in [0.3, 0.4) is 0 Å². The Morgan fingerprint density at radius 1 is 1.27 bits per heavy atom. The van der Waals surface area contributed by atoms with Crippen LogP contribution in [0.25, 0.3) is 0 Å². The minimum Gasteiger partial charge on any atom is -0.432 e. The standard InChI is InChI=1S/C8H5F4NO2/c9-4-2-6(15-8(11)12)5(10)1-3(4)7(13)14/h1-2,8H,(H2,13,14). The molecule has 0 aromatic heterocycles. The summed E-state index contributed by atoms with van der Waals surface area (Å²) in [6, 6.07) is 0.733. The molecule has 0 fully saturated rings. The molecule has 2 N–H and O–H groups in total. The van der Waals surface area contributed by atoms with Gasteiger partial charge in [-0.05, 0) is 6.07 Å². The fraction of sp³-hybridized carbons (Fsp3) is 0.125. The Labute approximate surface area is 81.4 Å². The molecule has 15 heavy (non-hydrogen) atoms. The van der Waals surface area contributed by atoms with Gasteiger partial charge in [-0.25, -0.2) is 8.78 Å². The largest absolute Gasteiger partial charge is 0.432 e. The van der Waals surface area contributed by atoms with E-state index in [1.54, 1.807) is 0 Å². The van der Waals surface area contributed by atoms with E-state index in [0.29, 0.717) is 12.1 Å². The third-order valence-corrected chi connectivity index (χ3v) is 1.50. The molecular formula is C8H5F4NO2. The molecule has 1 aromatic carbocycles. The van der Waals surface area contributed by atoms with E-state index in [1.165, 1.54) is 0 Å². The number of carbonyl (C=O) groups excluding carboxylic acids is 1. The highest BCUT2D eigenvalue weighted by Crippen LogP contribution is 2.22. The molecular weight excluding hydrogens is 218 g/mol. The van der Waals surface area contributed by atoms with Crippen LogP contribution in [0.4, 0.5) is 17.6 Å². The van der Waals surface area contributed by atoms with Crippen molar-refractivity contribution in [3.05, 3.63) is 29.3 Å². The second-order valence-corrected chi connectivity index (χ2v) is 2.51. The maximum Gasteiger partial charge on any atom is 0.387 e. The van der Waals surface area contributed by atoms with Crippen LogP contribution < -0.4 is 10.5 Å². The molecule has 7 heteroatoms. The number of ether oxygens (including phenoxy) is 1. The smallest absolute Gasteiger partial charge is 0.387 e. The summed E-state index contributed by atoms with van der Waals surface area (Å²) < 4.78 is 52.9. The summed E-state index contributed by atoms with van der Waals surface area (Å²) >= 11 is 0. The lowest BCUT2D eigenvalue weighted by molar-refractivity contribution is -0.0523. The number of amides is 1. The molecule has 0 aliphatic rings. The number of rotatable bonds is 3. The van der Waals surface area contributed by atoms with Crippen LogP contribution in [0.2, 0.25) is 0 Å². The first-order valence-electron chi connectivity index (χ1n) is 3.65. The van der Waals surface area contributed by atoms with Crippen molar-refractivity contribution in [3.63, 3.8) is 0 Å². The van der Waals surface area contributed by atoms with Crippen LogP contribution in [0.15, 0.2) is 12.1 Å². The normalized spacial score (nSPS) is 10.5. The number of hydrogen-bond acceptors (Lipinski definition) is 2. The molecule has 1 amide bonds. The number of benzene rings is 1. The van der Waals surface area contributed by atoms with Crippen molar-refractivity contribution >= 4 is 5.91 Å². The minimum atomic E-state index is -3.28. The molecule has 0 bridgehead atoms. The Kier molecular flexibility index (Phi) is 3.13. The van der Waals surface area contributed by atoms with Crippen LogP contribution >= 0.6 is 0 Å². The molecule has 0 saturated heterocycles. The van der Waals surface area contributed by atoms with Gasteiger partial charge in [0.1, 0.15) is 5.82 Å². The van der Waals surface area contributed by atoms with Crippen molar-refractivity contribution in [1.82, 2.24) is 0 Å². The summed E-state index contributed by atoms with van der Waals surface area (Å²) in [7, 11) is 0. The molecule has 0 spiro atoms. The maximum absolute atomic E-state index is 12.9. The predicted molar refractivity (Wildman–Crippen MR) is 41.5 cm³/mol. The lowest BCUT2D eigenvalue weighted by atomic mass is 10.2. The molecule has 1 aromatic rings. The molecule has 1 rings (SSSR count). The van der Waals surface area contributed by atoms with Crippen molar-refractivity contribution in [3.8, 4) is 5.75 Å². The number of carbonyl (C=O) groups is 1. The third kappa shape index (κ3) is 2.58. The van der Waals surface area contributed by atoms with Crippen molar-refractivity contribution in [2.75, 3.05) is 0 Å². The second-order valence-electron chi connectivity index (χ2n) is 2.51. The second kappa shape index (κ2) is 4.16. The summed E-state index contributed by atoms with van der Waals surface area (Å²) in [4.78, 5) is 10.5. The highest BCUT2D eigenvalue weighted by Gasteiger charge is 2.16. The van der Waals surface area contributed by atoms with E-state index in [4.69, 9.17) is 5.73 Å². The quantitative estimate of drug-likeness (QED) is 0.792. The van der Waals surface area contributed by atoms with E-state index < -0.39 is 35.5 Å². The molecule has 0 unspecified atom stereocenters. The summed E-state index contributed by atoms with van der Waals surface area (Å²) in [6.07, 6.45) is 0. The molecule has 0 aliphatic heterocycles. The van der Waals surface area contributed by atoms with E-state index in [2.05, 4.69) is 4.74 Å². The van der Waals surface area contributed by atoms with Gasteiger partial charge in [0.15, 0.2) is 11.6 Å². The Bertz CT molecular complexity index is 394. The van der Waals surface area contributed by atoms with Gasteiger partial charge in [0.05, 0.1) is 5.56 Å². The van der Waals surface area contributed by atoms with Crippen molar-refractivity contribution in [2.45, 2.75) is 6.61 Å². The Morgan fingerprint density at radius 2 is 1.87 bits per heavy atom. The van der Waals surface area contributed by atoms with Gasteiger partial charge in [-0.15, -0.1) is 0 Å². The average molecular weight is 223 g/mol. The van der Waals surface area contributed by atoms with Crippen LogP contribution in [0.5, 0.6) is 5.75 Å². The number of alkyl halides is 2. The van der Waals surface area contributed by atoms with Gasteiger partial charge >= 0.3 is 6.61 Å². The van der Waals surface area contributed by atoms with Gasteiger partial charge < -0.3 is 10.5 Å². The lowest BCUT2D eigenvalue weighted by Crippen LogP contribution is -2.14. The summed E-state index contributed by atoms with van der Waals surface area (Å²) in [5, 5.41) is 0. The minimum absolute atomic E-state index is 0.335. The van der Waals surface area contributed by atoms with Crippen LogP contribution in [-0.4, -0.2) is 12.5 Å². The first-order chi connectivity index (χ1) is 6.91. The van der Waals surface area contributed by atoms with Gasteiger partial charge in [-0.3, -0.25) is 4.79 Å². The number of primary amides is 1. The zero-order chi connectivity index (χ0) is 11.6. The van der Waals surface area contributed by atoms with E-state index >= 15 is 0 Å². The summed E-state index contributed by atoms with van der Waals surface area (Å²) in [6.45, 7) is -3.28. The van der Waals surface area contributed by atoms with Crippen LogP contribution in [0.1, 0.15) is 10.4 Å². The SMILES string of the molecule is NC(=O)c1cc(F)c(OC(F)F)cc1F. The zero-order valence-electron chi connectivity index (χ0n) is 7.14. The van der Waals surface area contributed by atoms with Crippen molar-refractivity contribution in [1.29, 1.82) is 0 Å². The monoisotopic (exact) mass is 223 g/mol. The first kappa shape index (κ1) is 11.3. The van der Waals surface area contributed by atoms with Crippen molar-refractivity contribution < 1.29 is 27.1 Å². The highest BCUT2D eigenvalue weighted by molar-refractivity contribution is 5.93. The first-order valence-corrected chi connectivity index (χ1v) is 3.65. The fourth-order valence-electron chi connectivity index (χ4n) is 0.904. The number of halogens is 4. The molecule has 0 aliphatic carbocycles. The third-order valence-electron chi connectivity index (χ3n) is 1.50. The van der Waals surface area contributed by atoms with E-state index in [-0.39, 0.29) is 0 Å². The van der Waals surface area contributed by atoms with Gasteiger partial charge in [0.2, 0.25) is 0 Å². The topological polar surface area (TPSA) is 52.3 Å². The summed E-state index contributed by atoms with van der Waals surface area (Å²) in [5.74, 6) is -4.69. The highest BCUT2D eigenvalue weighted by atomic mass is 19.3. The van der Waals surface area contributed by atoms with Crippen LogP contribution in [0, 0.1) is 11.6 Å². The number of nitrogens with two attached hydrogens (primary N) is 1. The van der Waals surface area contributed by atoms with E-state index in [0.717, 1.165) is 0 Å². The molecule has 0 heterocycles. The molecule has 0 atom stereocenters. The molecule has 0 saturated carbocycles. The molecule has 3 nitrogen and oxygen atoms in total. The van der Waals surface area contributed by atoms with Gasteiger partial charge in [0.25, 0.3) is 5.91 Å². The van der Waals surface area contributed by atoms with E-state index in [1.807, 2.05) is 0 Å². The summed E-state index contributed by atoms with van der Waals surface area (Å²) in [5.41, 5.74) is 3.97. The average Bonchev–Trinajstić information content (AvgIpc) is 2.09. The molecule has 82 valence electrons. The Hall–Kier alpha value is -1.79. The number of hydrogen-bond donors (Lipinski definition) is 1. The maximum atomic E-state index is 12.9. The lowest BCUT2D eigenvalue weighted by Gasteiger charge is -2.07. The Balaban J connectivity index is 3.13. The van der Waals surface area contributed by atoms with Crippen LogP contribution in [-0.2, 0) is 0 Å². The van der Waals surface area contributed by atoms with Gasteiger partial charge in [-0.2, -0.15) is 8.78 Å². The fourth-order valence-corrected chi connectivity index (χ4v) is 0.904. The van der Waals surface area contributed by atoms with Gasteiger partial charge in [-0.1, -0.05) is 0 Å². The zero-order valence-corrected chi connectivity index (χ0v) is 7.14.